The van der Waals surface area contributed by atoms with Crippen molar-refractivity contribution in [2.45, 2.75) is 44.9 Å². The first-order valence-electron chi connectivity index (χ1n) is 10.8. The van der Waals surface area contributed by atoms with Crippen LogP contribution in [0.3, 0.4) is 0 Å². The molecule has 1 aliphatic rings. The van der Waals surface area contributed by atoms with E-state index in [4.69, 9.17) is 10.5 Å². The van der Waals surface area contributed by atoms with Gasteiger partial charge in [-0.2, -0.15) is 13.2 Å². The summed E-state index contributed by atoms with van der Waals surface area (Å²) < 4.78 is 45.4. The SMILES string of the molecule is C=CC(Nc1nc(C)nc(=C)/c1=C\N(C(C)=O)C1CCOCC1)c1cc(N)cc(C(F)(F)F)c1. The highest BCUT2D eigenvalue weighted by Crippen LogP contribution is 2.33. The van der Waals surface area contributed by atoms with Crippen molar-refractivity contribution < 1.29 is 22.7 Å². The first kappa shape index (κ1) is 25.2. The Morgan fingerprint density at radius 1 is 1.29 bits per heavy atom. The molecule has 0 radical (unpaired) electrons. The standard InChI is InChI=1S/C24H28F3N5O2/c1-5-22(17-10-18(24(25,26)27)12-19(28)11-17)31-23-21(14(2)29-15(3)30-23)13-32(16(4)33)20-6-8-34-9-7-20/h5,10-13,20,22H,1-2,6-9,28H2,3-4H3,(H,29,30,31)/b21-13+. The number of nitrogens with two attached hydrogens (primary N) is 1. The molecule has 3 N–H and O–H groups in total. The number of ether oxygens (including phenoxy) is 1. The number of hydrogen-bond acceptors (Lipinski definition) is 6. The number of nitrogens with zero attached hydrogens (tertiary/aromatic N) is 3. The van der Waals surface area contributed by atoms with E-state index in [1.165, 1.54) is 19.1 Å². The molecule has 0 bridgehead atoms. The maximum atomic E-state index is 13.3. The highest BCUT2D eigenvalue weighted by molar-refractivity contribution is 5.78. The quantitative estimate of drug-likeness (QED) is 0.493. The topological polar surface area (TPSA) is 93.4 Å². The van der Waals surface area contributed by atoms with E-state index in [2.05, 4.69) is 28.4 Å². The lowest BCUT2D eigenvalue weighted by atomic mass is 10.0. The number of alkyl halides is 3. The Morgan fingerprint density at radius 2 is 1.97 bits per heavy atom. The highest BCUT2D eigenvalue weighted by atomic mass is 19.4. The first-order valence-corrected chi connectivity index (χ1v) is 10.8. The van der Waals surface area contributed by atoms with Crippen LogP contribution >= 0.6 is 0 Å². The van der Waals surface area contributed by atoms with E-state index in [9.17, 15) is 18.0 Å². The molecule has 2 aromatic rings. The molecule has 0 saturated carbocycles. The minimum absolute atomic E-state index is 0.0238. The Bertz CT molecular complexity index is 1180. The molecule has 10 heteroatoms. The van der Waals surface area contributed by atoms with Gasteiger partial charge in [0.05, 0.1) is 22.2 Å². The summed E-state index contributed by atoms with van der Waals surface area (Å²) in [5.74, 6) is 0.567. The molecule has 3 rings (SSSR count). The molecule has 1 aliphatic heterocycles. The van der Waals surface area contributed by atoms with Crippen molar-refractivity contribution in [2.24, 2.45) is 0 Å². The summed E-state index contributed by atoms with van der Waals surface area (Å²) in [7, 11) is 0. The summed E-state index contributed by atoms with van der Waals surface area (Å²) in [6.45, 7) is 12.0. The van der Waals surface area contributed by atoms with Crippen molar-refractivity contribution in [3.8, 4) is 0 Å². The fourth-order valence-electron chi connectivity index (χ4n) is 3.89. The predicted molar refractivity (Wildman–Crippen MR) is 125 cm³/mol. The second kappa shape index (κ2) is 10.3. The van der Waals surface area contributed by atoms with E-state index < -0.39 is 17.8 Å². The van der Waals surface area contributed by atoms with Gasteiger partial charge >= 0.3 is 6.18 Å². The van der Waals surface area contributed by atoms with Crippen molar-refractivity contribution in [1.29, 1.82) is 0 Å². The van der Waals surface area contributed by atoms with E-state index in [1.54, 1.807) is 18.0 Å². The molecule has 1 aromatic carbocycles. The molecule has 34 heavy (non-hydrogen) atoms. The van der Waals surface area contributed by atoms with Gasteiger partial charge in [0.15, 0.2) is 0 Å². The van der Waals surface area contributed by atoms with Gasteiger partial charge < -0.3 is 20.7 Å². The number of benzene rings is 1. The molecule has 1 atom stereocenters. The number of hydrogen-bond donors (Lipinski definition) is 2. The number of aryl methyl sites for hydroxylation is 1. The predicted octanol–water partition coefficient (Wildman–Crippen LogP) is 2.90. The van der Waals surface area contributed by atoms with Gasteiger partial charge in [0, 0.05) is 38.1 Å². The summed E-state index contributed by atoms with van der Waals surface area (Å²) in [6, 6.07) is 2.53. The molecule has 2 heterocycles. The lowest BCUT2D eigenvalue weighted by Gasteiger charge is -2.31. The lowest BCUT2D eigenvalue weighted by molar-refractivity contribution is -0.137. The Hall–Kier alpha value is -3.40. The number of aromatic nitrogens is 2. The van der Waals surface area contributed by atoms with Crippen LogP contribution in [0, 0.1) is 6.92 Å². The van der Waals surface area contributed by atoms with Gasteiger partial charge in [0.25, 0.3) is 0 Å². The number of halogens is 3. The Balaban J connectivity index is 2.07. The average molecular weight is 476 g/mol. The summed E-state index contributed by atoms with van der Waals surface area (Å²) in [5, 5.41) is 3.95. The molecular weight excluding hydrogens is 447 g/mol. The largest absolute Gasteiger partial charge is 0.416 e. The number of nitrogen functional groups attached to an aromatic ring is 1. The lowest BCUT2D eigenvalue weighted by Crippen LogP contribution is -2.42. The second-order valence-corrected chi connectivity index (χ2v) is 8.12. The summed E-state index contributed by atoms with van der Waals surface area (Å²) in [4.78, 5) is 22.8. The Morgan fingerprint density at radius 3 is 2.56 bits per heavy atom. The number of rotatable bonds is 6. The van der Waals surface area contributed by atoms with E-state index in [1.807, 2.05) is 0 Å². The summed E-state index contributed by atoms with van der Waals surface area (Å²) in [6.07, 6.45) is -0.0939. The highest BCUT2D eigenvalue weighted by Gasteiger charge is 2.31. The van der Waals surface area contributed by atoms with Crippen molar-refractivity contribution in [1.82, 2.24) is 14.9 Å². The molecule has 0 aliphatic carbocycles. The van der Waals surface area contributed by atoms with Crippen LogP contribution in [0.4, 0.5) is 24.7 Å². The minimum Gasteiger partial charge on any atom is -0.399 e. The number of anilines is 2. The van der Waals surface area contributed by atoms with Crippen LogP contribution in [-0.4, -0.2) is 40.0 Å². The van der Waals surface area contributed by atoms with Crippen LogP contribution in [0.1, 0.15) is 42.8 Å². The molecule has 182 valence electrons. The number of carbonyl (C=O) groups excluding carboxylic acids is 1. The fraction of sp³-hybridized carbons (Fsp3) is 0.375. The van der Waals surface area contributed by atoms with Gasteiger partial charge in [-0.1, -0.05) is 12.7 Å². The maximum Gasteiger partial charge on any atom is 0.416 e. The third-order valence-corrected chi connectivity index (χ3v) is 5.54. The zero-order valence-corrected chi connectivity index (χ0v) is 19.2. The maximum absolute atomic E-state index is 13.3. The first-order chi connectivity index (χ1) is 16.0. The minimum atomic E-state index is -4.55. The summed E-state index contributed by atoms with van der Waals surface area (Å²) >= 11 is 0. The molecular formula is C24H28F3N5O2. The van der Waals surface area contributed by atoms with Crippen molar-refractivity contribution in [3.63, 3.8) is 0 Å². The van der Waals surface area contributed by atoms with Gasteiger partial charge in [-0.15, -0.1) is 6.58 Å². The van der Waals surface area contributed by atoms with Gasteiger partial charge in [-0.05, 0) is 43.5 Å². The zero-order valence-electron chi connectivity index (χ0n) is 19.2. The van der Waals surface area contributed by atoms with Crippen LogP contribution < -0.4 is 21.6 Å². The Labute approximate surface area is 195 Å². The van der Waals surface area contributed by atoms with Crippen molar-refractivity contribution >= 4 is 30.2 Å². The smallest absolute Gasteiger partial charge is 0.399 e. The van der Waals surface area contributed by atoms with Crippen LogP contribution in [0.15, 0.2) is 30.9 Å². The molecule has 1 unspecified atom stereocenters. The van der Waals surface area contributed by atoms with E-state index in [-0.39, 0.29) is 23.2 Å². The second-order valence-electron chi connectivity index (χ2n) is 8.12. The average Bonchev–Trinajstić information content (AvgIpc) is 2.76. The van der Waals surface area contributed by atoms with E-state index in [0.717, 1.165) is 12.1 Å². The van der Waals surface area contributed by atoms with Gasteiger partial charge in [0.1, 0.15) is 11.6 Å². The molecule has 1 amide bonds. The zero-order chi connectivity index (χ0) is 25.0. The fourth-order valence-corrected chi connectivity index (χ4v) is 3.89. The van der Waals surface area contributed by atoms with Gasteiger partial charge in [-0.3, -0.25) is 4.79 Å². The number of nitrogens with one attached hydrogen (secondary N) is 1. The molecule has 1 fully saturated rings. The van der Waals surface area contributed by atoms with Gasteiger partial charge in [0.2, 0.25) is 5.91 Å². The third kappa shape index (κ3) is 5.93. The van der Waals surface area contributed by atoms with Crippen LogP contribution in [0.25, 0.3) is 12.8 Å². The molecule has 0 spiro atoms. The Kier molecular flexibility index (Phi) is 7.61. The number of amides is 1. The van der Waals surface area contributed by atoms with Crippen LogP contribution in [0.5, 0.6) is 0 Å². The van der Waals surface area contributed by atoms with Crippen molar-refractivity contribution in [2.75, 3.05) is 24.3 Å². The van der Waals surface area contributed by atoms with Crippen LogP contribution in [-0.2, 0) is 15.7 Å². The third-order valence-electron chi connectivity index (χ3n) is 5.54. The van der Waals surface area contributed by atoms with Gasteiger partial charge in [-0.25, -0.2) is 9.97 Å². The van der Waals surface area contributed by atoms with E-state index in [0.29, 0.717) is 48.3 Å². The molecule has 1 saturated heterocycles. The van der Waals surface area contributed by atoms with Crippen LogP contribution in [0.2, 0.25) is 0 Å². The number of carbonyl (C=O) groups is 1. The monoisotopic (exact) mass is 475 g/mol. The summed E-state index contributed by atoms with van der Waals surface area (Å²) in [5.41, 5.74) is 5.13. The molecule has 7 nitrogen and oxygen atoms in total. The molecule has 1 aromatic heterocycles. The van der Waals surface area contributed by atoms with E-state index >= 15 is 0 Å². The normalized spacial score (nSPS) is 16.2. The van der Waals surface area contributed by atoms with Crippen molar-refractivity contribution in [3.05, 3.63) is 58.4 Å².